The lowest BCUT2D eigenvalue weighted by Crippen LogP contribution is -2.26. The second-order valence-electron chi connectivity index (χ2n) is 3.54. The quantitative estimate of drug-likeness (QED) is 0.769. The van der Waals surface area contributed by atoms with Crippen LogP contribution in [0.2, 0.25) is 0 Å². The van der Waals surface area contributed by atoms with Crippen molar-refractivity contribution in [3.8, 4) is 0 Å². The minimum absolute atomic E-state index is 0.217. The van der Waals surface area contributed by atoms with Gasteiger partial charge in [-0.05, 0) is 17.7 Å². The normalized spacial score (nSPS) is 10.6. The average Bonchev–Trinajstić information content (AvgIpc) is 2.29. The van der Waals surface area contributed by atoms with Gasteiger partial charge in [0, 0.05) is 13.1 Å². The Balaban J connectivity index is 2.65. The molecule has 1 rings (SSSR count). The zero-order valence-electron chi connectivity index (χ0n) is 9.32. The maximum atomic E-state index is 8.89. The third-order valence-electron chi connectivity index (χ3n) is 2.46. The molecule has 0 saturated heterocycles. The molecule has 0 aliphatic rings. The van der Waals surface area contributed by atoms with Gasteiger partial charge in [-0.2, -0.15) is 0 Å². The monoisotopic (exact) mass is 205 g/mol. The maximum absolute atomic E-state index is 8.89. The number of benzene rings is 1. The zero-order valence-corrected chi connectivity index (χ0v) is 9.32. The molecular formula is C13H19NO. The second-order valence-corrected chi connectivity index (χ2v) is 3.54. The fourth-order valence-corrected chi connectivity index (χ4v) is 1.57. The first-order valence-electron chi connectivity index (χ1n) is 5.34. The average molecular weight is 205 g/mol. The standard InChI is InChI=1S/C13H19NO/c1-3-12-6-5-7-13(10-12)11-14(4-2)8-9-15/h3,5-7,10,15H,1,4,8-9,11H2,2H3. The van der Waals surface area contributed by atoms with E-state index in [0.29, 0.717) is 0 Å². The van der Waals surface area contributed by atoms with E-state index in [2.05, 4.69) is 30.5 Å². The Morgan fingerprint density at radius 2 is 2.27 bits per heavy atom. The lowest BCUT2D eigenvalue weighted by atomic mass is 10.1. The lowest BCUT2D eigenvalue weighted by molar-refractivity contribution is 0.197. The molecule has 0 unspecified atom stereocenters. The van der Waals surface area contributed by atoms with Crippen LogP contribution in [0, 0.1) is 0 Å². The van der Waals surface area contributed by atoms with Crippen LogP contribution in [0.15, 0.2) is 30.8 Å². The molecule has 0 amide bonds. The molecule has 0 bridgehead atoms. The minimum atomic E-state index is 0.217. The first kappa shape index (κ1) is 12.0. The Labute approximate surface area is 91.9 Å². The number of aliphatic hydroxyl groups is 1. The Morgan fingerprint density at radius 3 is 2.87 bits per heavy atom. The highest BCUT2D eigenvalue weighted by Gasteiger charge is 2.02. The molecule has 0 spiro atoms. The highest BCUT2D eigenvalue weighted by atomic mass is 16.3. The lowest BCUT2D eigenvalue weighted by Gasteiger charge is -2.19. The molecule has 15 heavy (non-hydrogen) atoms. The van der Waals surface area contributed by atoms with Crippen molar-refractivity contribution in [2.24, 2.45) is 0 Å². The topological polar surface area (TPSA) is 23.5 Å². The largest absolute Gasteiger partial charge is 0.395 e. The summed E-state index contributed by atoms with van der Waals surface area (Å²) in [5.41, 5.74) is 2.41. The summed E-state index contributed by atoms with van der Waals surface area (Å²) in [6.45, 7) is 8.65. The number of aliphatic hydroxyl groups excluding tert-OH is 1. The molecule has 0 aromatic heterocycles. The minimum Gasteiger partial charge on any atom is -0.395 e. The van der Waals surface area contributed by atoms with Gasteiger partial charge in [0.25, 0.3) is 0 Å². The van der Waals surface area contributed by atoms with Crippen molar-refractivity contribution in [1.29, 1.82) is 0 Å². The van der Waals surface area contributed by atoms with Crippen LogP contribution in [-0.4, -0.2) is 29.7 Å². The van der Waals surface area contributed by atoms with Gasteiger partial charge < -0.3 is 5.11 Å². The summed E-state index contributed by atoms with van der Waals surface area (Å²) in [6, 6.07) is 8.32. The van der Waals surface area contributed by atoms with Gasteiger partial charge in [-0.3, -0.25) is 4.90 Å². The van der Waals surface area contributed by atoms with Crippen LogP contribution in [0.1, 0.15) is 18.1 Å². The van der Waals surface area contributed by atoms with Crippen molar-refractivity contribution < 1.29 is 5.11 Å². The highest BCUT2D eigenvalue weighted by molar-refractivity contribution is 5.47. The second kappa shape index (κ2) is 6.38. The first-order chi connectivity index (χ1) is 7.30. The molecule has 0 radical (unpaired) electrons. The van der Waals surface area contributed by atoms with Crippen molar-refractivity contribution in [1.82, 2.24) is 4.90 Å². The van der Waals surface area contributed by atoms with Crippen molar-refractivity contribution in [3.63, 3.8) is 0 Å². The van der Waals surface area contributed by atoms with Gasteiger partial charge in [0.2, 0.25) is 0 Å². The Hall–Kier alpha value is -1.12. The van der Waals surface area contributed by atoms with Crippen LogP contribution in [-0.2, 0) is 6.54 Å². The molecule has 2 nitrogen and oxygen atoms in total. The molecular weight excluding hydrogens is 186 g/mol. The van der Waals surface area contributed by atoms with Crippen LogP contribution in [0.4, 0.5) is 0 Å². The van der Waals surface area contributed by atoms with Gasteiger partial charge in [0.1, 0.15) is 0 Å². The van der Waals surface area contributed by atoms with Gasteiger partial charge in [-0.1, -0.05) is 43.8 Å². The predicted molar refractivity (Wildman–Crippen MR) is 64.6 cm³/mol. The third kappa shape index (κ3) is 3.86. The summed E-state index contributed by atoms with van der Waals surface area (Å²) >= 11 is 0. The molecule has 1 aromatic rings. The molecule has 1 N–H and O–H groups in total. The molecule has 1 aromatic carbocycles. The summed E-state index contributed by atoms with van der Waals surface area (Å²) in [6.07, 6.45) is 1.85. The van der Waals surface area contributed by atoms with E-state index in [9.17, 15) is 0 Å². The van der Waals surface area contributed by atoms with Crippen molar-refractivity contribution >= 4 is 6.08 Å². The van der Waals surface area contributed by atoms with Gasteiger partial charge in [0.15, 0.2) is 0 Å². The van der Waals surface area contributed by atoms with Gasteiger partial charge >= 0.3 is 0 Å². The third-order valence-corrected chi connectivity index (χ3v) is 2.46. The molecule has 82 valence electrons. The van der Waals surface area contributed by atoms with Crippen molar-refractivity contribution in [3.05, 3.63) is 42.0 Å². The summed E-state index contributed by atoms with van der Waals surface area (Å²) in [5.74, 6) is 0. The van der Waals surface area contributed by atoms with E-state index in [-0.39, 0.29) is 6.61 Å². The van der Waals surface area contributed by atoms with E-state index in [1.165, 1.54) is 5.56 Å². The summed E-state index contributed by atoms with van der Waals surface area (Å²) in [4.78, 5) is 2.21. The highest BCUT2D eigenvalue weighted by Crippen LogP contribution is 2.09. The molecule has 2 heteroatoms. The summed E-state index contributed by atoms with van der Waals surface area (Å²) in [7, 11) is 0. The molecule has 0 heterocycles. The van der Waals surface area contributed by atoms with Gasteiger partial charge in [-0.25, -0.2) is 0 Å². The van der Waals surface area contributed by atoms with Crippen LogP contribution in [0.25, 0.3) is 6.08 Å². The van der Waals surface area contributed by atoms with E-state index in [1.807, 2.05) is 18.2 Å². The Bertz CT molecular complexity index is 309. The first-order valence-corrected chi connectivity index (χ1v) is 5.34. The molecule has 0 fully saturated rings. The number of hydrogen-bond donors (Lipinski definition) is 1. The maximum Gasteiger partial charge on any atom is 0.0558 e. The van der Waals surface area contributed by atoms with E-state index in [1.54, 1.807) is 0 Å². The number of rotatable bonds is 6. The van der Waals surface area contributed by atoms with E-state index >= 15 is 0 Å². The zero-order chi connectivity index (χ0) is 11.1. The van der Waals surface area contributed by atoms with E-state index < -0.39 is 0 Å². The van der Waals surface area contributed by atoms with Crippen LogP contribution in [0.3, 0.4) is 0 Å². The SMILES string of the molecule is C=Cc1cccc(CN(CC)CCO)c1. The van der Waals surface area contributed by atoms with Crippen LogP contribution < -0.4 is 0 Å². The fourth-order valence-electron chi connectivity index (χ4n) is 1.57. The molecule has 0 aliphatic carbocycles. The molecule has 0 saturated carbocycles. The van der Waals surface area contributed by atoms with Gasteiger partial charge in [-0.15, -0.1) is 0 Å². The molecule has 0 atom stereocenters. The Kier molecular flexibility index (Phi) is 5.08. The van der Waals surface area contributed by atoms with Gasteiger partial charge in [0.05, 0.1) is 6.61 Å². The van der Waals surface area contributed by atoms with Crippen molar-refractivity contribution in [2.75, 3.05) is 19.7 Å². The van der Waals surface area contributed by atoms with E-state index in [4.69, 9.17) is 5.11 Å². The van der Waals surface area contributed by atoms with Crippen LogP contribution in [0.5, 0.6) is 0 Å². The number of likely N-dealkylation sites (N-methyl/N-ethyl adjacent to an activating group) is 1. The van der Waals surface area contributed by atoms with E-state index in [0.717, 1.165) is 25.2 Å². The Morgan fingerprint density at radius 1 is 1.47 bits per heavy atom. The number of hydrogen-bond acceptors (Lipinski definition) is 2. The summed E-state index contributed by atoms with van der Waals surface area (Å²) < 4.78 is 0. The summed E-state index contributed by atoms with van der Waals surface area (Å²) in [5, 5.41) is 8.89. The smallest absolute Gasteiger partial charge is 0.0558 e. The van der Waals surface area contributed by atoms with Crippen molar-refractivity contribution in [2.45, 2.75) is 13.5 Å². The molecule has 0 aliphatic heterocycles. The predicted octanol–water partition coefficient (Wildman–Crippen LogP) is 2.14. The number of nitrogens with zero attached hydrogens (tertiary/aromatic N) is 1. The fraction of sp³-hybridized carbons (Fsp3) is 0.385. The van der Waals surface area contributed by atoms with Crippen LogP contribution >= 0.6 is 0 Å².